The quantitative estimate of drug-likeness (QED) is 0.844. The molecular weight excluding hydrogens is 308 g/mol. The van der Waals surface area contributed by atoms with Crippen LogP contribution in [0.2, 0.25) is 0 Å². The van der Waals surface area contributed by atoms with E-state index < -0.39 is 5.97 Å². The van der Waals surface area contributed by atoms with E-state index >= 15 is 0 Å². The van der Waals surface area contributed by atoms with E-state index in [2.05, 4.69) is 16.5 Å². The van der Waals surface area contributed by atoms with Crippen LogP contribution in [0.5, 0.6) is 0 Å². The molecule has 1 aliphatic rings. The van der Waals surface area contributed by atoms with E-state index in [1.807, 2.05) is 23.1 Å². The Morgan fingerprint density at radius 3 is 2.92 bits per heavy atom. The summed E-state index contributed by atoms with van der Waals surface area (Å²) in [6, 6.07) is 8.07. The number of anilines is 2. The Labute approximate surface area is 140 Å². The van der Waals surface area contributed by atoms with E-state index in [-0.39, 0.29) is 24.6 Å². The summed E-state index contributed by atoms with van der Waals surface area (Å²) in [5.41, 5.74) is 2.59. The minimum atomic E-state index is -0.493. The highest BCUT2D eigenvalue weighted by molar-refractivity contribution is 6.01. The van der Waals surface area contributed by atoms with Gasteiger partial charge < -0.3 is 15.0 Å². The first-order valence-corrected chi connectivity index (χ1v) is 7.92. The van der Waals surface area contributed by atoms with E-state index in [0.29, 0.717) is 5.82 Å². The average Bonchev–Trinajstić information content (AvgIpc) is 3.13. The van der Waals surface area contributed by atoms with Crippen molar-refractivity contribution in [1.82, 2.24) is 9.78 Å². The average molecular weight is 328 g/mol. The molecule has 0 spiro atoms. The van der Waals surface area contributed by atoms with Crippen molar-refractivity contribution in [2.24, 2.45) is 7.05 Å². The topological polar surface area (TPSA) is 76.5 Å². The van der Waals surface area contributed by atoms with Crippen molar-refractivity contribution >= 4 is 23.4 Å². The lowest BCUT2D eigenvalue weighted by molar-refractivity contribution is -0.115. The standard InChI is InChI=1S/C17H20N4O3/c1-3-24-17(23)13-10-18-20(2)16(13)19-15(22)11-21-9-8-12-6-4-5-7-14(12)21/h4-7,10H,3,8-9,11H2,1-2H3,(H,19,22). The number of ether oxygens (including phenoxy) is 1. The Morgan fingerprint density at radius 2 is 2.12 bits per heavy atom. The van der Waals surface area contributed by atoms with Crippen LogP contribution in [0.4, 0.5) is 11.5 Å². The van der Waals surface area contributed by atoms with Gasteiger partial charge in [-0.15, -0.1) is 0 Å². The maximum Gasteiger partial charge on any atom is 0.343 e. The number of rotatable bonds is 5. The summed E-state index contributed by atoms with van der Waals surface area (Å²) in [4.78, 5) is 26.4. The summed E-state index contributed by atoms with van der Waals surface area (Å²) < 4.78 is 6.45. The van der Waals surface area contributed by atoms with Gasteiger partial charge in [0.1, 0.15) is 11.4 Å². The van der Waals surface area contributed by atoms with Crippen molar-refractivity contribution in [3.05, 3.63) is 41.6 Å². The molecule has 1 aromatic heterocycles. The van der Waals surface area contributed by atoms with Crippen LogP contribution >= 0.6 is 0 Å². The molecule has 0 unspecified atom stereocenters. The number of benzene rings is 1. The van der Waals surface area contributed by atoms with Crippen LogP contribution in [-0.4, -0.2) is 41.4 Å². The van der Waals surface area contributed by atoms with Gasteiger partial charge >= 0.3 is 5.97 Å². The van der Waals surface area contributed by atoms with Gasteiger partial charge in [-0.2, -0.15) is 5.10 Å². The first-order valence-electron chi connectivity index (χ1n) is 7.92. The second kappa shape index (κ2) is 6.74. The molecule has 0 radical (unpaired) electrons. The summed E-state index contributed by atoms with van der Waals surface area (Å²) in [6.07, 6.45) is 2.34. The van der Waals surface area contributed by atoms with Gasteiger partial charge in [0, 0.05) is 19.3 Å². The fourth-order valence-corrected chi connectivity index (χ4v) is 2.86. The molecule has 0 saturated heterocycles. The van der Waals surface area contributed by atoms with Crippen molar-refractivity contribution in [2.75, 3.05) is 29.9 Å². The third-order valence-electron chi connectivity index (χ3n) is 4.01. The molecule has 0 aliphatic carbocycles. The predicted molar refractivity (Wildman–Crippen MR) is 90.2 cm³/mol. The number of nitrogens with one attached hydrogen (secondary N) is 1. The van der Waals surface area contributed by atoms with E-state index in [0.717, 1.165) is 18.7 Å². The number of nitrogens with zero attached hydrogens (tertiary/aromatic N) is 3. The highest BCUT2D eigenvalue weighted by atomic mass is 16.5. The Bertz CT molecular complexity index is 769. The molecule has 2 heterocycles. The molecule has 126 valence electrons. The first kappa shape index (κ1) is 16.0. The largest absolute Gasteiger partial charge is 0.462 e. The third kappa shape index (κ3) is 3.10. The molecule has 7 nitrogen and oxygen atoms in total. The number of carbonyl (C=O) groups is 2. The minimum absolute atomic E-state index is 0.194. The molecule has 0 saturated carbocycles. The normalized spacial score (nSPS) is 12.8. The van der Waals surface area contributed by atoms with Crippen LogP contribution in [-0.2, 0) is 23.0 Å². The van der Waals surface area contributed by atoms with E-state index in [1.165, 1.54) is 16.4 Å². The Morgan fingerprint density at radius 1 is 1.33 bits per heavy atom. The van der Waals surface area contributed by atoms with Crippen LogP contribution in [0.3, 0.4) is 0 Å². The van der Waals surface area contributed by atoms with Crippen molar-refractivity contribution in [3.63, 3.8) is 0 Å². The van der Waals surface area contributed by atoms with Crippen LogP contribution in [0, 0.1) is 0 Å². The van der Waals surface area contributed by atoms with Crippen LogP contribution < -0.4 is 10.2 Å². The molecule has 24 heavy (non-hydrogen) atoms. The maximum absolute atomic E-state index is 12.4. The van der Waals surface area contributed by atoms with Gasteiger partial charge in [-0.05, 0) is 25.0 Å². The van der Waals surface area contributed by atoms with Crippen LogP contribution in [0.15, 0.2) is 30.5 Å². The number of esters is 1. The molecule has 0 atom stereocenters. The van der Waals surface area contributed by atoms with E-state index in [4.69, 9.17) is 4.74 Å². The summed E-state index contributed by atoms with van der Waals surface area (Å²) in [7, 11) is 1.67. The molecule has 7 heteroatoms. The third-order valence-corrected chi connectivity index (χ3v) is 4.01. The summed E-state index contributed by atoms with van der Waals surface area (Å²) >= 11 is 0. The minimum Gasteiger partial charge on any atom is -0.462 e. The Kier molecular flexibility index (Phi) is 4.50. The molecule has 0 bridgehead atoms. The Hall–Kier alpha value is -2.83. The Balaban J connectivity index is 1.70. The van der Waals surface area contributed by atoms with Gasteiger partial charge in [0.2, 0.25) is 5.91 Å². The molecule has 1 aromatic carbocycles. The monoisotopic (exact) mass is 328 g/mol. The number of aromatic nitrogens is 2. The maximum atomic E-state index is 12.4. The zero-order valence-electron chi connectivity index (χ0n) is 13.8. The molecule has 1 amide bonds. The van der Waals surface area contributed by atoms with Crippen LogP contribution in [0.25, 0.3) is 0 Å². The summed E-state index contributed by atoms with van der Waals surface area (Å²) in [5.74, 6) is -0.334. The summed E-state index contributed by atoms with van der Waals surface area (Å²) in [5, 5.41) is 6.80. The number of hydrogen-bond donors (Lipinski definition) is 1. The number of aryl methyl sites for hydroxylation is 1. The second-order valence-corrected chi connectivity index (χ2v) is 5.60. The van der Waals surface area contributed by atoms with Crippen molar-refractivity contribution in [3.8, 4) is 0 Å². The van der Waals surface area contributed by atoms with Gasteiger partial charge in [0.05, 0.1) is 19.3 Å². The highest BCUT2D eigenvalue weighted by Crippen LogP contribution is 2.27. The van der Waals surface area contributed by atoms with Gasteiger partial charge in [-0.3, -0.25) is 9.48 Å². The fourth-order valence-electron chi connectivity index (χ4n) is 2.86. The number of para-hydroxylation sites is 1. The number of hydrogen-bond acceptors (Lipinski definition) is 5. The van der Waals surface area contributed by atoms with E-state index in [1.54, 1.807) is 14.0 Å². The van der Waals surface area contributed by atoms with Crippen molar-refractivity contribution in [2.45, 2.75) is 13.3 Å². The highest BCUT2D eigenvalue weighted by Gasteiger charge is 2.23. The van der Waals surface area contributed by atoms with E-state index in [9.17, 15) is 9.59 Å². The van der Waals surface area contributed by atoms with Crippen LogP contribution in [0.1, 0.15) is 22.8 Å². The SMILES string of the molecule is CCOC(=O)c1cnn(C)c1NC(=O)CN1CCc2ccccc21. The number of carbonyl (C=O) groups excluding carboxylic acids is 2. The molecule has 2 aromatic rings. The fraction of sp³-hybridized carbons (Fsp3) is 0.353. The number of amides is 1. The van der Waals surface area contributed by atoms with Gasteiger partial charge in [0.15, 0.2) is 0 Å². The van der Waals surface area contributed by atoms with Gasteiger partial charge in [-0.25, -0.2) is 4.79 Å². The smallest absolute Gasteiger partial charge is 0.343 e. The molecule has 3 rings (SSSR count). The summed E-state index contributed by atoms with van der Waals surface area (Å²) in [6.45, 7) is 3.04. The molecular formula is C17H20N4O3. The first-order chi connectivity index (χ1) is 11.6. The lowest BCUT2D eigenvalue weighted by atomic mass is 10.2. The lowest BCUT2D eigenvalue weighted by Gasteiger charge is -2.19. The van der Waals surface area contributed by atoms with Crippen molar-refractivity contribution < 1.29 is 14.3 Å². The van der Waals surface area contributed by atoms with Crippen molar-refractivity contribution in [1.29, 1.82) is 0 Å². The second-order valence-electron chi connectivity index (χ2n) is 5.60. The lowest BCUT2D eigenvalue weighted by Crippen LogP contribution is -2.32. The number of fused-ring (bicyclic) bond motifs is 1. The zero-order chi connectivity index (χ0) is 17.1. The van der Waals surface area contributed by atoms with Gasteiger partial charge in [-0.1, -0.05) is 18.2 Å². The predicted octanol–water partition coefficient (Wildman–Crippen LogP) is 1.60. The molecule has 1 aliphatic heterocycles. The molecule has 0 fully saturated rings. The zero-order valence-corrected chi connectivity index (χ0v) is 13.8. The van der Waals surface area contributed by atoms with Gasteiger partial charge in [0.25, 0.3) is 0 Å². The molecule has 1 N–H and O–H groups in total.